The molecule has 0 saturated heterocycles. The smallest absolute Gasteiger partial charge is 0.0952 e. The number of aromatic nitrogens is 2. The van der Waals surface area contributed by atoms with Gasteiger partial charge >= 0.3 is 0 Å². The number of nitrogens with one attached hydrogen (secondary N) is 1. The summed E-state index contributed by atoms with van der Waals surface area (Å²) in [6.07, 6.45) is 14.6. The van der Waals surface area contributed by atoms with Crippen LogP contribution in [0.15, 0.2) is 59.3 Å². The van der Waals surface area contributed by atoms with E-state index in [0.29, 0.717) is 6.33 Å². The highest BCUT2D eigenvalue weighted by atomic mass is 19.1. The lowest BCUT2D eigenvalue weighted by molar-refractivity contribution is 0.569. The summed E-state index contributed by atoms with van der Waals surface area (Å²) in [5.74, 6) is 0. The summed E-state index contributed by atoms with van der Waals surface area (Å²) in [4.78, 5) is 10.7. The van der Waals surface area contributed by atoms with Gasteiger partial charge in [-0.15, -0.1) is 0 Å². The van der Waals surface area contributed by atoms with E-state index in [1.165, 1.54) is 17.9 Å². The Kier molecular flexibility index (Phi) is 18.7. The minimum atomic E-state index is 0.500. The van der Waals surface area contributed by atoms with Gasteiger partial charge in [-0.25, -0.2) is 14.4 Å². The van der Waals surface area contributed by atoms with Gasteiger partial charge in [-0.1, -0.05) is 33.3 Å². The molecule has 0 saturated carbocycles. The zero-order valence-electron chi connectivity index (χ0n) is 18.2. The SMILES string of the molecule is C/C=C/F.CC.CC=N.CCCC1=C(Cn2ccnc2)N=CN(/C=C(/C)N)C1. The Balaban J connectivity index is 0. The molecule has 0 unspecified atom stereocenters. The monoisotopic (exact) mass is 392 g/mol. The largest absolute Gasteiger partial charge is 0.401 e. The molecule has 28 heavy (non-hydrogen) atoms. The summed E-state index contributed by atoms with van der Waals surface area (Å²) >= 11 is 0. The Morgan fingerprint density at radius 2 is 1.96 bits per heavy atom. The average molecular weight is 393 g/mol. The molecule has 0 atom stereocenters. The molecule has 1 aromatic rings. The molecule has 1 aliphatic heterocycles. The summed E-state index contributed by atoms with van der Waals surface area (Å²) in [5, 5.41) is 6.08. The highest BCUT2D eigenvalue weighted by Gasteiger charge is 2.13. The maximum Gasteiger partial charge on any atom is 0.0952 e. The average Bonchev–Trinajstić information content (AvgIpc) is 3.19. The van der Waals surface area contributed by atoms with Crippen LogP contribution in [0.4, 0.5) is 4.39 Å². The van der Waals surface area contributed by atoms with Gasteiger partial charge in [0.05, 0.1) is 31.2 Å². The van der Waals surface area contributed by atoms with Crippen molar-refractivity contribution in [3.63, 3.8) is 0 Å². The first kappa shape index (κ1) is 27.5. The number of nitrogens with zero attached hydrogens (tertiary/aromatic N) is 4. The molecule has 0 bridgehead atoms. The highest BCUT2D eigenvalue weighted by Crippen LogP contribution is 2.19. The third kappa shape index (κ3) is 13.5. The fourth-order valence-electron chi connectivity index (χ4n) is 2.16. The summed E-state index contributed by atoms with van der Waals surface area (Å²) in [7, 11) is 0. The Hall–Kier alpha value is -2.70. The minimum absolute atomic E-state index is 0.500. The number of allylic oxidation sites excluding steroid dienone is 3. The van der Waals surface area contributed by atoms with Crippen molar-refractivity contribution in [2.45, 2.75) is 60.9 Å². The molecule has 0 aromatic carbocycles. The first-order valence-electron chi connectivity index (χ1n) is 9.59. The van der Waals surface area contributed by atoms with Crippen molar-refractivity contribution in [1.82, 2.24) is 14.5 Å². The molecule has 0 amide bonds. The zero-order chi connectivity index (χ0) is 21.8. The van der Waals surface area contributed by atoms with E-state index in [-0.39, 0.29) is 0 Å². The number of hydrogen-bond acceptors (Lipinski definition) is 5. The third-order valence-electron chi connectivity index (χ3n) is 3.08. The van der Waals surface area contributed by atoms with Crippen LogP contribution in [0.25, 0.3) is 0 Å². The molecule has 0 fully saturated rings. The molecule has 1 aromatic heterocycles. The Bertz CT molecular complexity index is 607. The van der Waals surface area contributed by atoms with E-state index >= 15 is 0 Å². The van der Waals surface area contributed by atoms with Crippen molar-refractivity contribution in [1.29, 1.82) is 5.41 Å². The number of rotatable bonds is 5. The lowest BCUT2D eigenvalue weighted by Crippen LogP contribution is -2.25. The van der Waals surface area contributed by atoms with Gasteiger partial charge in [0.2, 0.25) is 0 Å². The van der Waals surface area contributed by atoms with Crippen molar-refractivity contribution in [3.05, 3.63) is 54.3 Å². The van der Waals surface area contributed by atoms with Crippen molar-refractivity contribution < 1.29 is 4.39 Å². The molecule has 1 aliphatic rings. The summed E-state index contributed by atoms with van der Waals surface area (Å²) < 4.78 is 12.6. The summed E-state index contributed by atoms with van der Waals surface area (Å²) in [6, 6.07) is 0. The van der Waals surface area contributed by atoms with Crippen LogP contribution in [0.3, 0.4) is 0 Å². The van der Waals surface area contributed by atoms with E-state index in [0.717, 1.165) is 37.3 Å². The number of aliphatic imine (C=N–C) groups is 1. The Morgan fingerprint density at radius 1 is 1.36 bits per heavy atom. The van der Waals surface area contributed by atoms with Gasteiger partial charge in [0, 0.05) is 30.8 Å². The van der Waals surface area contributed by atoms with Crippen molar-refractivity contribution in [3.8, 4) is 0 Å². The lowest BCUT2D eigenvalue weighted by Gasteiger charge is -2.24. The molecule has 3 N–H and O–H groups in total. The van der Waals surface area contributed by atoms with Crippen molar-refractivity contribution in [2.24, 2.45) is 10.7 Å². The lowest BCUT2D eigenvalue weighted by atomic mass is 10.1. The quantitative estimate of drug-likeness (QED) is 0.669. The molecule has 0 aliphatic carbocycles. The molecule has 2 heterocycles. The maximum atomic E-state index is 10.5. The van der Waals surface area contributed by atoms with Gasteiger partial charge < -0.3 is 20.6 Å². The molecular formula is C21H37FN6. The van der Waals surface area contributed by atoms with E-state index < -0.39 is 0 Å². The molecule has 0 radical (unpaired) electrons. The van der Waals surface area contributed by atoms with Crippen LogP contribution in [-0.2, 0) is 6.54 Å². The molecule has 2 rings (SSSR count). The van der Waals surface area contributed by atoms with Crippen LogP contribution in [0.1, 0.15) is 54.4 Å². The van der Waals surface area contributed by atoms with E-state index in [9.17, 15) is 4.39 Å². The second-order valence-electron chi connectivity index (χ2n) is 5.57. The normalized spacial score (nSPS) is 13.1. The number of imidazole rings is 1. The molecule has 7 heteroatoms. The fourth-order valence-corrected chi connectivity index (χ4v) is 2.16. The Morgan fingerprint density at radius 3 is 2.39 bits per heavy atom. The second kappa shape index (κ2) is 19.1. The van der Waals surface area contributed by atoms with Crippen LogP contribution < -0.4 is 5.73 Å². The van der Waals surface area contributed by atoms with Gasteiger partial charge in [-0.2, -0.15) is 0 Å². The van der Waals surface area contributed by atoms with E-state index in [1.807, 2.05) is 55.3 Å². The first-order chi connectivity index (χ1) is 13.5. The van der Waals surface area contributed by atoms with Gasteiger partial charge in [0.25, 0.3) is 0 Å². The first-order valence-corrected chi connectivity index (χ1v) is 9.59. The Labute approximate surface area is 169 Å². The van der Waals surface area contributed by atoms with Crippen LogP contribution in [0.2, 0.25) is 0 Å². The molecule has 0 spiro atoms. The van der Waals surface area contributed by atoms with Crippen LogP contribution in [0.5, 0.6) is 0 Å². The number of hydrogen-bond donors (Lipinski definition) is 2. The number of halogens is 1. The zero-order valence-corrected chi connectivity index (χ0v) is 18.2. The van der Waals surface area contributed by atoms with E-state index in [2.05, 4.69) is 16.9 Å². The predicted molar refractivity (Wildman–Crippen MR) is 119 cm³/mol. The third-order valence-corrected chi connectivity index (χ3v) is 3.08. The van der Waals surface area contributed by atoms with Crippen LogP contribution >= 0.6 is 0 Å². The standard InChI is InChI=1S/C14H21N5.C3H5F.C2H5N.C2H6/c1-3-4-13-8-19(7-12(2)15)11-17-14(13)9-18-6-5-16-10-18;1-2-3-4;1-2-3;1-2/h5-7,10-11H,3-4,8-9,15H2,1-2H3;2-3H,1H3;2-3H,1H3;1-2H3/b12-7-;3-2+;;. The molecule has 158 valence electrons. The topological polar surface area (TPSA) is 83.3 Å². The highest BCUT2D eigenvalue weighted by molar-refractivity contribution is 5.61. The minimum Gasteiger partial charge on any atom is -0.401 e. The number of nitrogens with two attached hydrogens (primary N) is 1. The van der Waals surface area contributed by atoms with Crippen LogP contribution in [0, 0.1) is 5.41 Å². The van der Waals surface area contributed by atoms with Gasteiger partial charge in [0.1, 0.15) is 0 Å². The predicted octanol–water partition coefficient (Wildman–Crippen LogP) is 5.27. The fraction of sp³-hybridized carbons (Fsp3) is 0.476. The van der Waals surface area contributed by atoms with E-state index in [1.54, 1.807) is 20.0 Å². The van der Waals surface area contributed by atoms with Crippen LogP contribution in [-0.4, -0.2) is 33.5 Å². The summed E-state index contributed by atoms with van der Waals surface area (Å²) in [6.45, 7) is 13.0. The van der Waals surface area contributed by atoms with Gasteiger partial charge in [-0.05, 0) is 39.0 Å². The van der Waals surface area contributed by atoms with E-state index in [4.69, 9.17) is 11.1 Å². The molecule has 6 nitrogen and oxygen atoms in total. The summed E-state index contributed by atoms with van der Waals surface area (Å²) in [5.41, 5.74) is 9.02. The second-order valence-corrected chi connectivity index (χ2v) is 5.57. The molecular weight excluding hydrogens is 355 g/mol. The van der Waals surface area contributed by atoms with Crippen molar-refractivity contribution in [2.75, 3.05) is 6.54 Å². The van der Waals surface area contributed by atoms with Gasteiger partial charge in [0.15, 0.2) is 0 Å². The van der Waals surface area contributed by atoms with Crippen molar-refractivity contribution >= 4 is 12.6 Å². The maximum absolute atomic E-state index is 10.5. The van der Waals surface area contributed by atoms with Gasteiger partial charge in [-0.3, -0.25) is 0 Å².